The van der Waals surface area contributed by atoms with Crippen molar-refractivity contribution in [2.45, 2.75) is 124 Å². The van der Waals surface area contributed by atoms with E-state index in [9.17, 15) is 20.4 Å². The molecule has 0 amide bonds. The van der Waals surface area contributed by atoms with Crippen molar-refractivity contribution in [3.8, 4) is 0 Å². The lowest BCUT2D eigenvalue weighted by atomic mass is 9.37. The molecule has 11 unspecified atom stereocenters. The standard InChI is InChI=1S/C29H50O4/c1-17(2)9-8-13-29(7,33)19-11-10-18-24(19)20(30)15-22-27(5)14-12-23(32)26(3,4)25(27)21(31)16-28(18,22)6/h9,18-25,30-33H,8,10-16H2,1-7H3. The van der Waals surface area contributed by atoms with E-state index in [1.165, 1.54) is 5.57 Å². The Morgan fingerprint density at radius 3 is 2.27 bits per heavy atom. The van der Waals surface area contributed by atoms with Gasteiger partial charge in [-0.1, -0.05) is 39.3 Å². The number of rotatable bonds is 4. The molecule has 4 nitrogen and oxygen atoms in total. The van der Waals surface area contributed by atoms with E-state index in [2.05, 4.69) is 47.6 Å². The smallest absolute Gasteiger partial charge is 0.0654 e. The topological polar surface area (TPSA) is 80.9 Å². The van der Waals surface area contributed by atoms with Crippen LogP contribution in [0.3, 0.4) is 0 Å². The summed E-state index contributed by atoms with van der Waals surface area (Å²) in [7, 11) is 0. The molecule has 0 aliphatic heterocycles. The van der Waals surface area contributed by atoms with Crippen LogP contribution in [0, 0.1) is 45.8 Å². The summed E-state index contributed by atoms with van der Waals surface area (Å²) in [6, 6.07) is 0. The number of allylic oxidation sites excluding steroid dienone is 2. The molecule has 4 fully saturated rings. The minimum atomic E-state index is -0.786. The first-order chi connectivity index (χ1) is 15.2. The zero-order chi connectivity index (χ0) is 24.6. The molecule has 4 aliphatic rings. The number of hydrogen-bond acceptors (Lipinski definition) is 4. The van der Waals surface area contributed by atoms with Crippen molar-refractivity contribution in [1.82, 2.24) is 0 Å². The predicted octanol–water partition coefficient (Wildman–Crippen LogP) is 5.08. The van der Waals surface area contributed by atoms with E-state index < -0.39 is 17.8 Å². The lowest BCUT2D eigenvalue weighted by Crippen LogP contribution is -2.67. The van der Waals surface area contributed by atoms with Crippen LogP contribution in [0.25, 0.3) is 0 Å². The second-order valence-corrected chi connectivity index (χ2v) is 14.0. The Labute approximate surface area is 201 Å². The molecule has 11 atom stereocenters. The van der Waals surface area contributed by atoms with Crippen molar-refractivity contribution in [2.75, 3.05) is 0 Å². The maximum Gasteiger partial charge on any atom is 0.0654 e. The molecule has 0 radical (unpaired) electrons. The highest BCUT2D eigenvalue weighted by Crippen LogP contribution is 2.71. The van der Waals surface area contributed by atoms with Crippen molar-refractivity contribution in [1.29, 1.82) is 0 Å². The van der Waals surface area contributed by atoms with Gasteiger partial charge in [-0.2, -0.15) is 0 Å². The van der Waals surface area contributed by atoms with E-state index >= 15 is 0 Å². The largest absolute Gasteiger partial charge is 0.393 e. The second kappa shape index (κ2) is 8.32. The van der Waals surface area contributed by atoms with Crippen molar-refractivity contribution < 1.29 is 20.4 Å². The van der Waals surface area contributed by atoms with Crippen LogP contribution in [0.4, 0.5) is 0 Å². The van der Waals surface area contributed by atoms with Crippen molar-refractivity contribution in [3.63, 3.8) is 0 Å². The molecule has 4 N–H and O–H groups in total. The van der Waals surface area contributed by atoms with Crippen LogP contribution in [0.15, 0.2) is 11.6 Å². The molecule has 0 aromatic carbocycles. The fourth-order valence-corrected chi connectivity index (χ4v) is 10.1. The van der Waals surface area contributed by atoms with Gasteiger partial charge < -0.3 is 20.4 Å². The lowest BCUT2D eigenvalue weighted by molar-refractivity contribution is -0.253. The highest BCUT2D eigenvalue weighted by Gasteiger charge is 2.69. The van der Waals surface area contributed by atoms with Gasteiger partial charge in [0.1, 0.15) is 0 Å². The van der Waals surface area contributed by atoms with Gasteiger partial charge in [-0.05, 0) is 118 Å². The first-order valence-corrected chi connectivity index (χ1v) is 13.6. The zero-order valence-electron chi connectivity index (χ0n) is 22.1. The number of aliphatic hydroxyl groups is 4. The molecule has 4 aliphatic carbocycles. The molecule has 4 saturated carbocycles. The van der Waals surface area contributed by atoms with E-state index in [0.29, 0.717) is 11.8 Å². The second-order valence-electron chi connectivity index (χ2n) is 14.0. The Morgan fingerprint density at radius 2 is 1.64 bits per heavy atom. The third-order valence-electron chi connectivity index (χ3n) is 11.4. The summed E-state index contributed by atoms with van der Waals surface area (Å²) >= 11 is 0. The SMILES string of the molecule is CC(C)=CCCC(C)(O)C1CCC2C1C(O)CC1C2(C)CC(O)C2C(C)(C)C(O)CCC21C. The summed E-state index contributed by atoms with van der Waals surface area (Å²) in [6.45, 7) is 15.2. The van der Waals surface area contributed by atoms with Crippen molar-refractivity contribution >= 4 is 0 Å². The molecule has 4 rings (SSSR count). The highest BCUT2D eigenvalue weighted by molar-refractivity contribution is 5.18. The summed E-state index contributed by atoms with van der Waals surface area (Å²) in [5.41, 5.74) is 0.0277. The van der Waals surface area contributed by atoms with E-state index in [-0.39, 0.29) is 40.1 Å². The summed E-state index contributed by atoms with van der Waals surface area (Å²) < 4.78 is 0. The van der Waals surface area contributed by atoms with Crippen LogP contribution in [-0.2, 0) is 0 Å². The maximum absolute atomic E-state index is 11.6. The number of fused-ring (bicyclic) bond motifs is 5. The number of hydrogen-bond donors (Lipinski definition) is 4. The molecule has 190 valence electrons. The molecule has 0 heterocycles. The van der Waals surface area contributed by atoms with Gasteiger partial charge in [-0.3, -0.25) is 0 Å². The first-order valence-electron chi connectivity index (χ1n) is 13.6. The fraction of sp³-hybridized carbons (Fsp3) is 0.931. The van der Waals surface area contributed by atoms with Gasteiger partial charge in [0.15, 0.2) is 0 Å². The van der Waals surface area contributed by atoms with Crippen LogP contribution >= 0.6 is 0 Å². The Balaban J connectivity index is 1.64. The molecule has 0 saturated heterocycles. The van der Waals surface area contributed by atoms with Gasteiger partial charge in [-0.25, -0.2) is 0 Å². The monoisotopic (exact) mass is 462 g/mol. The molecule has 0 aromatic rings. The Kier molecular flexibility index (Phi) is 6.47. The van der Waals surface area contributed by atoms with Gasteiger partial charge in [0.25, 0.3) is 0 Å². The van der Waals surface area contributed by atoms with E-state index in [0.717, 1.165) is 51.4 Å². The van der Waals surface area contributed by atoms with Crippen molar-refractivity contribution in [2.24, 2.45) is 45.8 Å². The molecular weight excluding hydrogens is 412 g/mol. The predicted molar refractivity (Wildman–Crippen MR) is 132 cm³/mol. The van der Waals surface area contributed by atoms with E-state index in [1.807, 2.05) is 6.92 Å². The quantitative estimate of drug-likeness (QED) is 0.439. The normalized spacial score (nSPS) is 50.5. The molecular formula is C29H50O4. The Hall–Kier alpha value is -0.420. The van der Waals surface area contributed by atoms with Gasteiger partial charge in [0.05, 0.1) is 23.9 Å². The van der Waals surface area contributed by atoms with Crippen LogP contribution in [0.2, 0.25) is 0 Å². The van der Waals surface area contributed by atoms with E-state index in [4.69, 9.17) is 0 Å². The molecule has 4 heteroatoms. The van der Waals surface area contributed by atoms with Gasteiger partial charge in [0, 0.05) is 0 Å². The maximum atomic E-state index is 11.6. The van der Waals surface area contributed by atoms with Crippen LogP contribution in [0.5, 0.6) is 0 Å². The van der Waals surface area contributed by atoms with Crippen molar-refractivity contribution in [3.05, 3.63) is 11.6 Å². The third kappa shape index (κ3) is 3.86. The van der Waals surface area contributed by atoms with Crippen LogP contribution in [0.1, 0.15) is 99.8 Å². The minimum absolute atomic E-state index is 0.0416. The first kappa shape index (κ1) is 25.7. The molecule has 0 bridgehead atoms. The molecule has 33 heavy (non-hydrogen) atoms. The Bertz CT molecular complexity index is 768. The average Bonchev–Trinajstić information content (AvgIpc) is 3.14. The molecule has 0 aromatic heterocycles. The molecule has 0 spiro atoms. The number of aliphatic hydroxyl groups excluding tert-OH is 3. The van der Waals surface area contributed by atoms with Gasteiger partial charge >= 0.3 is 0 Å². The third-order valence-corrected chi connectivity index (χ3v) is 11.4. The highest BCUT2D eigenvalue weighted by atomic mass is 16.3. The summed E-state index contributed by atoms with van der Waals surface area (Å²) in [4.78, 5) is 0. The zero-order valence-corrected chi connectivity index (χ0v) is 22.1. The average molecular weight is 463 g/mol. The lowest BCUT2D eigenvalue weighted by Gasteiger charge is -2.69. The van der Waals surface area contributed by atoms with Gasteiger partial charge in [-0.15, -0.1) is 0 Å². The van der Waals surface area contributed by atoms with Crippen LogP contribution in [-0.4, -0.2) is 44.3 Å². The fourth-order valence-electron chi connectivity index (χ4n) is 10.1. The summed E-state index contributed by atoms with van der Waals surface area (Å²) in [5, 5.41) is 45.5. The van der Waals surface area contributed by atoms with Gasteiger partial charge in [0.2, 0.25) is 0 Å². The van der Waals surface area contributed by atoms with Crippen LogP contribution < -0.4 is 0 Å². The Morgan fingerprint density at radius 1 is 0.970 bits per heavy atom. The van der Waals surface area contributed by atoms with E-state index in [1.54, 1.807) is 0 Å². The summed E-state index contributed by atoms with van der Waals surface area (Å²) in [6.07, 6.45) is 7.73. The minimum Gasteiger partial charge on any atom is -0.393 e. The summed E-state index contributed by atoms with van der Waals surface area (Å²) in [5.74, 6) is 0.903.